The van der Waals surface area contributed by atoms with Crippen molar-refractivity contribution in [1.29, 1.82) is 0 Å². The van der Waals surface area contributed by atoms with Crippen LogP contribution in [0.1, 0.15) is 18.1 Å². The minimum absolute atomic E-state index is 0.0579. The number of hydrazine groups is 1. The van der Waals surface area contributed by atoms with Gasteiger partial charge in [-0.2, -0.15) is 0 Å². The number of carbonyl (C=O) groups is 2. The zero-order chi connectivity index (χ0) is 22.1. The fourth-order valence-corrected chi connectivity index (χ4v) is 3.19. The number of nitrogens with one attached hydrogen (secondary N) is 3. The van der Waals surface area contributed by atoms with Crippen LogP contribution in [-0.2, 0) is 16.0 Å². The van der Waals surface area contributed by atoms with E-state index in [0.29, 0.717) is 11.5 Å². The van der Waals surface area contributed by atoms with Crippen LogP contribution in [0.3, 0.4) is 0 Å². The van der Waals surface area contributed by atoms with Crippen LogP contribution in [0.2, 0.25) is 0 Å². The minimum Gasteiger partial charge on any atom is -0.484 e. The van der Waals surface area contributed by atoms with Gasteiger partial charge >= 0.3 is 0 Å². The second-order valence-corrected chi connectivity index (χ2v) is 8.27. The molecule has 0 bridgehead atoms. The number of thiocarbonyl (C=S) groups is 1. The standard InChI is InChI=1S/C20H21Br2N3O4S/c1-3-13-4-7-17(16(22)9-13)29-11-19(27)24-25-20(30)23-18(26)10-28-14-5-6-15(21)12(2)8-14/h4-9H,3,10-11H2,1-2H3,(H,24,27)(H2,23,25,26,30). The molecule has 2 rings (SSSR count). The molecule has 0 unspecified atom stereocenters. The summed E-state index contributed by atoms with van der Waals surface area (Å²) in [7, 11) is 0. The van der Waals surface area contributed by atoms with Gasteiger partial charge in [-0.05, 0) is 83.0 Å². The zero-order valence-electron chi connectivity index (χ0n) is 16.4. The maximum atomic E-state index is 11.9. The van der Waals surface area contributed by atoms with E-state index in [2.05, 4.69) is 55.0 Å². The Morgan fingerprint density at radius 3 is 2.37 bits per heavy atom. The normalized spacial score (nSPS) is 10.1. The molecule has 0 radical (unpaired) electrons. The molecule has 7 nitrogen and oxygen atoms in total. The molecule has 0 saturated carbocycles. The van der Waals surface area contributed by atoms with Crippen molar-refractivity contribution >= 4 is 61.0 Å². The number of ether oxygens (including phenoxy) is 2. The molecule has 2 aromatic carbocycles. The van der Waals surface area contributed by atoms with Gasteiger partial charge in [-0.3, -0.25) is 25.8 Å². The molecule has 0 spiro atoms. The highest BCUT2D eigenvalue weighted by molar-refractivity contribution is 9.10. The number of benzene rings is 2. The number of hydrogen-bond acceptors (Lipinski definition) is 5. The van der Waals surface area contributed by atoms with Gasteiger partial charge in [-0.15, -0.1) is 0 Å². The Kier molecular flexibility index (Phi) is 9.54. The molecule has 3 N–H and O–H groups in total. The predicted octanol–water partition coefficient (Wildman–Crippen LogP) is 3.56. The average Bonchev–Trinajstić information content (AvgIpc) is 2.72. The fourth-order valence-electron chi connectivity index (χ4n) is 2.24. The van der Waals surface area contributed by atoms with Gasteiger partial charge < -0.3 is 9.47 Å². The fraction of sp³-hybridized carbons (Fsp3) is 0.250. The Balaban J connectivity index is 1.68. The molecule has 2 aromatic rings. The van der Waals surface area contributed by atoms with E-state index in [4.69, 9.17) is 21.7 Å². The molecule has 10 heteroatoms. The van der Waals surface area contributed by atoms with Crippen LogP contribution in [0.15, 0.2) is 45.3 Å². The van der Waals surface area contributed by atoms with Crippen LogP contribution < -0.4 is 25.6 Å². The molecule has 30 heavy (non-hydrogen) atoms. The predicted molar refractivity (Wildman–Crippen MR) is 125 cm³/mol. The Morgan fingerprint density at radius 2 is 1.70 bits per heavy atom. The number of halogens is 2. The quantitative estimate of drug-likeness (QED) is 0.356. The summed E-state index contributed by atoms with van der Waals surface area (Å²) in [4.78, 5) is 23.8. The van der Waals surface area contributed by atoms with Gasteiger partial charge in [0.2, 0.25) is 0 Å². The lowest BCUT2D eigenvalue weighted by Crippen LogP contribution is -2.50. The topological polar surface area (TPSA) is 88.7 Å². The van der Waals surface area contributed by atoms with Gasteiger partial charge in [0.15, 0.2) is 18.3 Å². The molecule has 0 aliphatic carbocycles. The molecule has 0 aromatic heterocycles. The van der Waals surface area contributed by atoms with E-state index in [0.717, 1.165) is 26.5 Å². The molecule has 0 aliphatic rings. The largest absolute Gasteiger partial charge is 0.484 e. The first kappa shape index (κ1) is 24.1. The summed E-state index contributed by atoms with van der Waals surface area (Å²) >= 11 is 11.8. The van der Waals surface area contributed by atoms with Gasteiger partial charge in [0.05, 0.1) is 4.47 Å². The van der Waals surface area contributed by atoms with E-state index in [-0.39, 0.29) is 18.3 Å². The first-order chi connectivity index (χ1) is 14.3. The summed E-state index contributed by atoms with van der Waals surface area (Å²) in [5, 5.41) is 2.35. The lowest BCUT2D eigenvalue weighted by molar-refractivity contribution is -0.124. The number of rotatable bonds is 7. The zero-order valence-corrected chi connectivity index (χ0v) is 20.4. The van der Waals surface area contributed by atoms with Crippen LogP contribution in [0, 0.1) is 6.92 Å². The second-order valence-electron chi connectivity index (χ2n) is 6.16. The Bertz CT molecular complexity index is 940. The van der Waals surface area contributed by atoms with E-state index in [1.54, 1.807) is 12.1 Å². The van der Waals surface area contributed by atoms with Gasteiger partial charge in [0.25, 0.3) is 11.8 Å². The maximum absolute atomic E-state index is 11.9. The van der Waals surface area contributed by atoms with Crippen molar-refractivity contribution < 1.29 is 19.1 Å². The van der Waals surface area contributed by atoms with Gasteiger partial charge in [0.1, 0.15) is 11.5 Å². The van der Waals surface area contributed by atoms with E-state index in [1.165, 1.54) is 0 Å². The van der Waals surface area contributed by atoms with Crippen molar-refractivity contribution in [2.45, 2.75) is 20.3 Å². The van der Waals surface area contributed by atoms with E-state index in [1.807, 2.05) is 31.2 Å². The average molecular weight is 559 g/mol. The van der Waals surface area contributed by atoms with E-state index in [9.17, 15) is 9.59 Å². The van der Waals surface area contributed by atoms with Crippen LogP contribution >= 0.6 is 44.1 Å². The highest BCUT2D eigenvalue weighted by Gasteiger charge is 2.09. The second kappa shape index (κ2) is 11.9. The van der Waals surface area contributed by atoms with Crippen LogP contribution in [0.25, 0.3) is 0 Å². The molecule has 0 atom stereocenters. The van der Waals surface area contributed by atoms with Crippen molar-refractivity contribution in [2.24, 2.45) is 0 Å². The summed E-state index contributed by atoms with van der Waals surface area (Å²) in [5.41, 5.74) is 6.94. The van der Waals surface area contributed by atoms with Crippen LogP contribution in [-0.4, -0.2) is 30.1 Å². The third-order valence-electron chi connectivity index (χ3n) is 3.83. The SMILES string of the molecule is CCc1ccc(OCC(=O)NNC(=S)NC(=O)COc2ccc(Br)c(C)c2)c(Br)c1. The third-order valence-corrected chi connectivity index (χ3v) is 5.54. The maximum Gasteiger partial charge on any atom is 0.276 e. The van der Waals surface area contributed by atoms with Crippen LogP contribution in [0.5, 0.6) is 11.5 Å². The number of aryl methyl sites for hydroxylation is 2. The van der Waals surface area contributed by atoms with Gasteiger partial charge in [-0.25, -0.2) is 0 Å². The molecule has 0 saturated heterocycles. The number of carbonyl (C=O) groups excluding carboxylic acids is 2. The molecule has 0 aliphatic heterocycles. The molecule has 2 amide bonds. The Morgan fingerprint density at radius 1 is 0.967 bits per heavy atom. The van der Waals surface area contributed by atoms with Crippen LogP contribution in [0.4, 0.5) is 0 Å². The van der Waals surface area contributed by atoms with Crippen molar-refractivity contribution in [3.63, 3.8) is 0 Å². The molecular formula is C20H21Br2N3O4S. The highest BCUT2D eigenvalue weighted by atomic mass is 79.9. The van der Waals surface area contributed by atoms with Crippen molar-refractivity contribution in [2.75, 3.05) is 13.2 Å². The molecular weight excluding hydrogens is 538 g/mol. The number of amides is 2. The Hall–Kier alpha value is -2.17. The summed E-state index contributed by atoms with van der Waals surface area (Å²) < 4.78 is 12.6. The minimum atomic E-state index is -0.460. The molecule has 0 fully saturated rings. The van der Waals surface area contributed by atoms with Crippen molar-refractivity contribution in [1.82, 2.24) is 16.2 Å². The molecule has 160 valence electrons. The van der Waals surface area contributed by atoms with Crippen molar-refractivity contribution in [3.05, 3.63) is 56.5 Å². The summed E-state index contributed by atoms with van der Waals surface area (Å²) in [6.07, 6.45) is 0.903. The summed E-state index contributed by atoms with van der Waals surface area (Å²) in [6.45, 7) is 3.53. The smallest absolute Gasteiger partial charge is 0.276 e. The van der Waals surface area contributed by atoms with E-state index < -0.39 is 11.8 Å². The summed E-state index contributed by atoms with van der Waals surface area (Å²) in [5.74, 6) is 0.199. The molecule has 0 heterocycles. The first-order valence-corrected chi connectivity index (χ1v) is 11.0. The van der Waals surface area contributed by atoms with Gasteiger partial charge in [-0.1, -0.05) is 28.9 Å². The van der Waals surface area contributed by atoms with Gasteiger partial charge in [0, 0.05) is 4.47 Å². The Labute approximate surface area is 197 Å². The monoisotopic (exact) mass is 557 g/mol. The third kappa shape index (κ3) is 7.92. The lowest BCUT2D eigenvalue weighted by atomic mass is 10.2. The van der Waals surface area contributed by atoms with E-state index >= 15 is 0 Å². The van der Waals surface area contributed by atoms with Crippen molar-refractivity contribution in [3.8, 4) is 11.5 Å². The lowest BCUT2D eigenvalue weighted by Gasteiger charge is -2.13. The summed E-state index contributed by atoms with van der Waals surface area (Å²) in [6, 6.07) is 11.1. The first-order valence-electron chi connectivity index (χ1n) is 8.97. The number of hydrogen-bond donors (Lipinski definition) is 3. The highest BCUT2D eigenvalue weighted by Crippen LogP contribution is 2.26.